The summed E-state index contributed by atoms with van der Waals surface area (Å²) in [5.41, 5.74) is 3.29. The summed E-state index contributed by atoms with van der Waals surface area (Å²) in [5.74, 6) is 0. The molecule has 1 N–H and O–H groups in total. The number of rotatable bonds is 2. The van der Waals surface area contributed by atoms with Crippen molar-refractivity contribution in [1.82, 2.24) is 15.4 Å². The number of hydrogen-bond donors (Lipinski definition) is 1. The summed E-state index contributed by atoms with van der Waals surface area (Å²) in [7, 11) is 0. The second-order valence-electron chi connectivity index (χ2n) is 4.02. The van der Waals surface area contributed by atoms with E-state index in [0.717, 1.165) is 23.9 Å². The summed E-state index contributed by atoms with van der Waals surface area (Å²) in [6.45, 7) is 2.20. The Labute approximate surface area is 93.5 Å². The number of aromatic amines is 1. The fourth-order valence-corrected chi connectivity index (χ4v) is 2.23. The van der Waals surface area contributed by atoms with Crippen LogP contribution in [-0.2, 0) is 6.42 Å². The molecule has 0 atom stereocenters. The lowest BCUT2D eigenvalue weighted by Crippen LogP contribution is -1.87. The van der Waals surface area contributed by atoms with E-state index < -0.39 is 0 Å². The SMILES string of the molecule is CCCc1cc2n[nH]nc2c2ccccc12. The van der Waals surface area contributed by atoms with Crippen molar-refractivity contribution in [3.05, 3.63) is 35.9 Å². The molecule has 0 radical (unpaired) electrons. The molecular formula is C13H13N3. The molecule has 0 aliphatic rings. The topological polar surface area (TPSA) is 41.6 Å². The highest BCUT2D eigenvalue weighted by Crippen LogP contribution is 2.26. The molecule has 80 valence electrons. The molecule has 0 saturated heterocycles. The lowest BCUT2D eigenvalue weighted by atomic mass is 10.00. The van der Waals surface area contributed by atoms with Crippen molar-refractivity contribution in [2.45, 2.75) is 19.8 Å². The molecule has 0 aliphatic heterocycles. The number of hydrogen-bond acceptors (Lipinski definition) is 2. The average Bonchev–Trinajstić information content (AvgIpc) is 2.78. The van der Waals surface area contributed by atoms with Crippen molar-refractivity contribution in [2.24, 2.45) is 0 Å². The number of aromatic nitrogens is 3. The van der Waals surface area contributed by atoms with Crippen LogP contribution in [-0.4, -0.2) is 15.4 Å². The zero-order chi connectivity index (χ0) is 11.0. The van der Waals surface area contributed by atoms with Gasteiger partial charge in [-0.2, -0.15) is 15.4 Å². The molecule has 0 aliphatic carbocycles. The van der Waals surface area contributed by atoms with Crippen LogP contribution in [0.2, 0.25) is 0 Å². The molecule has 3 aromatic rings. The van der Waals surface area contributed by atoms with Crippen LogP contribution < -0.4 is 0 Å². The molecule has 0 bridgehead atoms. The van der Waals surface area contributed by atoms with Gasteiger partial charge in [0.05, 0.1) is 0 Å². The third kappa shape index (κ3) is 1.28. The van der Waals surface area contributed by atoms with Gasteiger partial charge in [-0.3, -0.25) is 0 Å². The van der Waals surface area contributed by atoms with Crippen LogP contribution in [0.15, 0.2) is 30.3 Å². The fourth-order valence-electron chi connectivity index (χ4n) is 2.23. The van der Waals surface area contributed by atoms with Crippen LogP contribution in [0, 0.1) is 0 Å². The minimum absolute atomic E-state index is 0.960. The minimum atomic E-state index is 0.960. The number of fused-ring (bicyclic) bond motifs is 3. The van der Waals surface area contributed by atoms with Gasteiger partial charge in [-0.1, -0.05) is 37.6 Å². The zero-order valence-electron chi connectivity index (χ0n) is 9.20. The molecule has 0 amide bonds. The molecule has 3 heteroatoms. The summed E-state index contributed by atoms with van der Waals surface area (Å²) < 4.78 is 0. The molecule has 0 fully saturated rings. The first-order chi connectivity index (χ1) is 7.90. The molecule has 1 aromatic heterocycles. The molecule has 16 heavy (non-hydrogen) atoms. The minimum Gasteiger partial charge on any atom is -0.197 e. The van der Waals surface area contributed by atoms with Gasteiger partial charge in [0.25, 0.3) is 0 Å². The van der Waals surface area contributed by atoms with Crippen LogP contribution in [0.5, 0.6) is 0 Å². The van der Waals surface area contributed by atoms with E-state index in [1.54, 1.807) is 0 Å². The summed E-state index contributed by atoms with van der Waals surface area (Å²) in [4.78, 5) is 0. The normalized spacial score (nSPS) is 11.3. The quantitative estimate of drug-likeness (QED) is 0.707. The van der Waals surface area contributed by atoms with Gasteiger partial charge in [0, 0.05) is 5.39 Å². The largest absolute Gasteiger partial charge is 0.197 e. The van der Waals surface area contributed by atoms with Crippen LogP contribution >= 0.6 is 0 Å². The van der Waals surface area contributed by atoms with Crippen LogP contribution in [0.1, 0.15) is 18.9 Å². The highest BCUT2D eigenvalue weighted by Gasteiger charge is 2.08. The lowest BCUT2D eigenvalue weighted by Gasteiger charge is -2.05. The van der Waals surface area contributed by atoms with Crippen molar-refractivity contribution in [2.75, 3.05) is 0 Å². The summed E-state index contributed by atoms with van der Waals surface area (Å²) in [6.07, 6.45) is 2.23. The Morgan fingerprint density at radius 2 is 1.94 bits per heavy atom. The number of aryl methyl sites for hydroxylation is 1. The first kappa shape index (κ1) is 9.33. The molecule has 3 rings (SSSR count). The summed E-state index contributed by atoms with van der Waals surface area (Å²) in [6, 6.07) is 10.5. The van der Waals surface area contributed by atoms with E-state index in [0.29, 0.717) is 0 Å². The zero-order valence-corrected chi connectivity index (χ0v) is 9.20. The molecule has 0 spiro atoms. The van der Waals surface area contributed by atoms with Gasteiger partial charge in [0.2, 0.25) is 0 Å². The number of H-pyrrole nitrogens is 1. The maximum atomic E-state index is 4.21. The second kappa shape index (κ2) is 3.59. The lowest BCUT2D eigenvalue weighted by molar-refractivity contribution is 0.929. The predicted molar refractivity (Wildman–Crippen MR) is 65.4 cm³/mol. The van der Waals surface area contributed by atoms with E-state index in [-0.39, 0.29) is 0 Å². The molecule has 2 aromatic carbocycles. The number of benzene rings is 2. The smallest absolute Gasteiger partial charge is 0.120 e. The third-order valence-corrected chi connectivity index (χ3v) is 2.93. The molecule has 1 heterocycles. The third-order valence-electron chi connectivity index (χ3n) is 2.93. The van der Waals surface area contributed by atoms with Gasteiger partial charge in [-0.05, 0) is 23.4 Å². The summed E-state index contributed by atoms with van der Waals surface area (Å²) in [5, 5.41) is 13.6. The van der Waals surface area contributed by atoms with Gasteiger partial charge in [-0.15, -0.1) is 0 Å². The highest BCUT2D eigenvalue weighted by atomic mass is 15.3. The van der Waals surface area contributed by atoms with Crippen molar-refractivity contribution in [3.8, 4) is 0 Å². The first-order valence-electron chi connectivity index (χ1n) is 5.61. The van der Waals surface area contributed by atoms with Gasteiger partial charge < -0.3 is 0 Å². The van der Waals surface area contributed by atoms with Crippen LogP contribution in [0.25, 0.3) is 21.8 Å². The Hall–Kier alpha value is -1.90. The van der Waals surface area contributed by atoms with E-state index in [4.69, 9.17) is 0 Å². The van der Waals surface area contributed by atoms with Crippen molar-refractivity contribution in [1.29, 1.82) is 0 Å². The van der Waals surface area contributed by atoms with E-state index in [9.17, 15) is 0 Å². The number of nitrogens with one attached hydrogen (secondary N) is 1. The summed E-state index contributed by atoms with van der Waals surface area (Å²) >= 11 is 0. The number of nitrogens with zero attached hydrogens (tertiary/aromatic N) is 2. The standard InChI is InChI=1S/C13H13N3/c1-2-5-9-8-12-13(15-16-14-12)11-7-4-3-6-10(9)11/h3-4,6-8H,2,5H2,1H3,(H,14,15,16). The van der Waals surface area contributed by atoms with Crippen molar-refractivity contribution < 1.29 is 0 Å². The Bertz CT molecular complexity index is 640. The van der Waals surface area contributed by atoms with Gasteiger partial charge in [0.15, 0.2) is 0 Å². The van der Waals surface area contributed by atoms with Gasteiger partial charge in [-0.25, -0.2) is 0 Å². The van der Waals surface area contributed by atoms with Crippen LogP contribution in [0.4, 0.5) is 0 Å². The highest BCUT2D eigenvalue weighted by molar-refractivity contribution is 6.05. The Balaban J connectivity index is 2.45. The van der Waals surface area contributed by atoms with Crippen molar-refractivity contribution >= 4 is 21.8 Å². The first-order valence-corrected chi connectivity index (χ1v) is 5.61. The van der Waals surface area contributed by atoms with Gasteiger partial charge in [0.1, 0.15) is 11.0 Å². The van der Waals surface area contributed by atoms with Crippen LogP contribution in [0.3, 0.4) is 0 Å². The van der Waals surface area contributed by atoms with E-state index >= 15 is 0 Å². The Kier molecular flexibility index (Phi) is 2.10. The van der Waals surface area contributed by atoms with E-state index in [1.165, 1.54) is 16.3 Å². The Morgan fingerprint density at radius 3 is 2.75 bits per heavy atom. The molecule has 0 saturated carbocycles. The maximum absolute atomic E-state index is 4.21. The predicted octanol–water partition coefficient (Wildman–Crippen LogP) is 3.06. The monoisotopic (exact) mass is 211 g/mol. The van der Waals surface area contributed by atoms with Gasteiger partial charge >= 0.3 is 0 Å². The molecular weight excluding hydrogens is 198 g/mol. The fraction of sp³-hybridized carbons (Fsp3) is 0.231. The average molecular weight is 211 g/mol. The van der Waals surface area contributed by atoms with Crippen molar-refractivity contribution in [3.63, 3.8) is 0 Å². The van der Waals surface area contributed by atoms with E-state index in [2.05, 4.69) is 46.6 Å². The van der Waals surface area contributed by atoms with E-state index in [1.807, 2.05) is 6.07 Å². The maximum Gasteiger partial charge on any atom is 0.120 e. The molecule has 0 unspecified atom stereocenters. The Morgan fingerprint density at radius 1 is 1.12 bits per heavy atom. The molecule has 3 nitrogen and oxygen atoms in total. The second-order valence-corrected chi connectivity index (χ2v) is 4.02.